The van der Waals surface area contributed by atoms with Gasteiger partial charge >= 0.3 is 0 Å². The van der Waals surface area contributed by atoms with Crippen LogP contribution in [0.2, 0.25) is 0 Å². The van der Waals surface area contributed by atoms with E-state index in [0.717, 1.165) is 17.5 Å². The highest BCUT2D eigenvalue weighted by Gasteiger charge is 2.10. The molecule has 4 heteroatoms. The van der Waals surface area contributed by atoms with Crippen LogP contribution in [0.5, 0.6) is 0 Å². The van der Waals surface area contributed by atoms with Crippen LogP contribution in [0.4, 0.5) is 10.2 Å². The Morgan fingerprint density at radius 3 is 2.70 bits per heavy atom. The highest BCUT2D eigenvalue weighted by atomic mass is 19.1. The number of rotatable bonds is 2. The van der Waals surface area contributed by atoms with Crippen molar-refractivity contribution in [3.8, 4) is 11.4 Å². The van der Waals surface area contributed by atoms with Crippen LogP contribution in [0.1, 0.15) is 12.5 Å². The van der Waals surface area contributed by atoms with Crippen LogP contribution in [-0.2, 0) is 6.42 Å². The minimum atomic E-state index is -0.328. The van der Waals surface area contributed by atoms with Gasteiger partial charge in [0.25, 0.3) is 0 Å². The third-order valence-corrected chi connectivity index (χ3v) is 3.33. The van der Waals surface area contributed by atoms with E-state index in [-0.39, 0.29) is 5.82 Å². The van der Waals surface area contributed by atoms with Crippen LogP contribution in [0.3, 0.4) is 0 Å². The van der Waals surface area contributed by atoms with E-state index in [1.165, 1.54) is 12.1 Å². The van der Waals surface area contributed by atoms with Gasteiger partial charge in [-0.05, 0) is 24.1 Å². The first-order valence-electron chi connectivity index (χ1n) is 6.50. The van der Waals surface area contributed by atoms with Gasteiger partial charge in [0.1, 0.15) is 11.6 Å². The van der Waals surface area contributed by atoms with Gasteiger partial charge in [-0.15, -0.1) is 0 Å². The average molecular weight is 267 g/mol. The average Bonchev–Trinajstić information content (AvgIpc) is 2.46. The van der Waals surface area contributed by atoms with E-state index < -0.39 is 0 Å². The van der Waals surface area contributed by atoms with Crippen LogP contribution in [0.15, 0.2) is 42.5 Å². The summed E-state index contributed by atoms with van der Waals surface area (Å²) in [5.41, 5.74) is 8.57. The van der Waals surface area contributed by atoms with E-state index in [9.17, 15) is 4.39 Å². The van der Waals surface area contributed by atoms with Crippen molar-refractivity contribution in [1.29, 1.82) is 0 Å². The number of aryl methyl sites for hydroxylation is 1. The summed E-state index contributed by atoms with van der Waals surface area (Å²) in [6, 6.07) is 12.3. The topological polar surface area (TPSA) is 51.8 Å². The molecule has 0 saturated heterocycles. The van der Waals surface area contributed by atoms with Crippen molar-refractivity contribution in [2.45, 2.75) is 13.3 Å². The molecule has 1 aromatic heterocycles. The largest absolute Gasteiger partial charge is 0.383 e. The fraction of sp³-hybridized carbons (Fsp3) is 0.125. The van der Waals surface area contributed by atoms with E-state index in [4.69, 9.17) is 5.73 Å². The van der Waals surface area contributed by atoms with E-state index in [1.807, 2.05) is 24.3 Å². The van der Waals surface area contributed by atoms with Crippen LogP contribution >= 0.6 is 0 Å². The Labute approximate surface area is 116 Å². The molecule has 3 nitrogen and oxygen atoms in total. The molecule has 0 saturated carbocycles. The Balaban J connectivity index is 2.26. The fourth-order valence-corrected chi connectivity index (χ4v) is 2.29. The lowest BCUT2D eigenvalue weighted by Gasteiger charge is -2.09. The van der Waals surface area contributed by atoms with Crippen LogP contribution in [0.25, 0.3) is 22.3 Å². The summed E-state index contributed by atoms with van der Waals surface area (Å²) in [6.45, 7) is 2.07. The standard InChI is InChI=1S/C16H14FN3/c1-2-10-5-3-4-6-12(10)16-19-14-9-11(17)7-8-13(14)15(18)20-16/h3-9H,2H2,1H3,(H2,18,19,20). The highest BCUT2D eigenvalue weighted by Crippen LogP contribution is 2.26. The lowest BCUT2D eigenvalue weighted by atomic mass is 10.0. The third-order valence-electron chi connectivity index (χ3n) is 3.33. The number of hydrogen-bond acceptors (Lipinski definition) is 3. The second kappa shape index (κ2) is 4.89. The zero-order valence-corrected chi connectivity index (χ0v) is 11.1. The fourth-order valence-electron chi connectivity index (χ4n) is 2.29. The van der Waals surface area contributed by atoms with E-state index in [1.54, 1.807) is 6.07 Å². The number of nitrogen functional groups attached to an aromatic ring is 1. The Morgan fingerprint density at radius 1 is 1.10 bits per heavy atom. The number of fused-ring (bicyclic) bond motifs is 1. The zero-order valence-electron chi connectivity index (χ0n) is 11.1. The van der Waals surface area contributed by atoms with Gasteiger partial charge in [-0.3, -0.25) is 0 Å². The van der Waals surface area contributed by atoms with Crippen molar-refractivity contribution in [2.75, 3.05) is 5.73 Å². The van der Waals surface area contributed by atoms with Gasteiger partial charge in [-0.1, -0.05) is 31.2 Å². The van der Waals surface area contributed by atoms with Gasteiger partial charge in [-0.2, -0.15) is 0 Å². The number of nitrogens with two attached hydrogens (primary N) is 1. The molecule has 0 aliphatic carbocycles. The maximum Gasteiger partial charge on any atom is 0.162 e. The van der Waals surface area contributed by atoms with Crippen molar-refractivity contribution < 1.29 is 4.39 Å². The third kappa shape index (κ3) is 2.09. The van der Waals surface area contributed by atoms with Gasteiger partial charge in [0, 0.05) is 17.0 Å². The van der Waals surface area contributed by atoms with Crippen molar-refractivity contribution in [3.63, 3.8) is 0 Å². The van der Waals surface area contributed by atoms with Crippen LogP contribution in [0, 0.1) is 5.82 Å². The van der Waals surface area contributed by atoms with Gasteiger partial charge in [0.15, 0.2) is 5.82 Å². The molecule has 2 aromatic carbocycles. The van der Waals surface area contributed by atoms with Gasteiger partial charge in [0.05, 0.1) is 5.52 Å². The molecule has 0 bridgehead atoms. The predicted octanol–water partition coefficient (Wildman–Crippen LogP) is 3.58. The second-order valence-corrected chi connectivity index (χ2v) is 4.60. The summed E-state index contributed by atoms with van der Waals surface area (Å²) < 4.78 is 13.3. The monoisotopic (exact) mass is 267 g/mol. The number of anilines is 1. The van der Waals surface area contributed by atoms with E-state index >= 15 is 0 Å². The zero-order chi connectivity index (χ0) is 14.1. The molecular formula is C16H14FN3. The summed E-state index contributed by atoms with van der Waals surface area (Å²) >= 11 is 0. The van der Waals surface area contributed by atoms with E-state index in [0.29, 0.717) is 22.5 Å². The molecule has 2 N–H and O–H groups in total. The van der Waals surface area contributed by atoms with Crippen LogP contribution < -0.4 is 5.73 Å². The molecule has 0 unspecified atom stereocenters. The first kappa shape index (κ1) is 12.5. The minimum absolute atomic E-state index is 0.328. The SMILES string of the molecule is CCc1ccccc1-c1nc(N)c2ccc(F)cc2n1. The number of aromatic nitrogens is 2. The molecule has 100 valence electrons. The van der Waals surface area contributed by atoms with Gasteiger partial charge in [0.2, 0.25) is 0 Å². The smallest absolute Gasteiger partial charge is 0.162 e. The lowest BCUT2D eigenvalue weighted by Crippen LogP contribution is -1.99. The maximum atomic E-state index is 13.3. The Bertz CT molecular complexity index is 784. The van der Waals surface area contributed by atoms with E-state index in [2.05, 4.69) is 16.9 Å². The summed E-state index contributed by atoms with van der Waals surface area (Å²) in [5.74, 6) is 0.583. The maximum absolute atomic E-state index is 13.3. The summed E-state index contributed by atoms with van der Waals surface area (Å²) in [5, 5.41) is 0.670. The first-order valence-corrected chi connectivity index (χ1v) is 6.50. The van der Waals surface area contributed by atoms with Gasteiger partial charge < -0.3 is 5.73 Å². The quantitative estimate of drug-likeness (QED) is 0.772. The first-order chi connectivity index (χ1) is 9.69. The molecule has 3 aromatic rings. The summed E-state index contributed by atoms with van der Waals surface area (Å²) in [7, 11) is 0. The number of halogens is 1. The van der Waals surface area contributed by atoms with Crippen molar-refractivity contribution in [2.24, 2.45) is 0 Å². The second-order valence-electron chi connectivity index (χ2n) is 4.60. The Hall–Kier alpha value is -2.49. The predicted molar refractivity (Wildman–Crippen MR) is 78.7 cm³/mol. The molecular weight excluding hydrogens is 253 g/mol. The van der Waals surface area contributed by atoms with Crippen molar-refractivity contribution >= 4 is 16.7 Å². The molecule has 0 spiro atoms. The highest BCUT2D eigenvalue weighted by molar-refractivity contribution is 5.89. The Kier molecular flexibility index (Phi) is 3.06. The molecule has 1 heterocycles. The number of benzene rings is 2. The molecule has 0 radical (unpaired) electrons. The summed E-state index contributed by atoms with van der Waals surface area (Å²) in [6.07, 6.45) is 0.876. The normalized spacial score (nSPS) is 10.9. The molecule has 0 atom stereocenters. The molecule has 0 fully saturated rings. The lowest BCUT2D eigenvalue weighted by molar-refractivity contribution is 0.629. The molecule has 0 aliphatic rings. The van der Waals surface area contributed by atoms with Crippen LogP contribution in [-0.4, -0.2) is 9.97 Å². The summed E-state index contributed by atoms with van der Waals surface area (Å²) in [4.78, 5) is 8.80. The van der Waals surface area contributed by atoms with Crippen molar-refractivity contribution in [1.82, 2.24) is 9.97 Å². The van der Waals surface area contributed by atoms with Gasteiger partial charge in [-0.25, -0.2) is 14.4 Å². The Morgan fingerprint density at radius 2 is 1.90 bits per heavy atom. The minimum Gasteiger partial charge on any atom is -0.383 e. The molecule has 0 aliphatic heterocycles. The molecule has 20 heavy (non-hydrogen) atoms. The van der Waals surface area contributed by atoms with Crippen molar-refractivity contribution in [3.05, 3.63) is 53.8 Å². The number of hydrogen-bond donors (Lipinski definition) is 1. The molecule has 0 amide bonds. The number of nitrogens with zero attached hydrogens (tertiary/aromatic N) is 2. The molecule has 3 rings (SSSR count).